The van der Waals surface area contributed by atoms with Crippen molar-refractivity contribution < 1.29 is 4.79 Å². The molecule has 0 fully saturated rings. The lowest BCUT2D eigenvalue weighted by Crippen LogP contribution is -2.37. The SMILES string of the molecule is CCC(CC)N(C)C(=O)c1cccc2c1NCCN2. The molecule has 0 aliphatic carbocycles. The molecular formula is C15H23N3O. The van der Waals surface area contributed by atoms with E-state index in [9.17, 15) is 4.79 Å². The number of hydrogen-bond acceptors (Lipinski definition) is 3. The summed E-state index contributed by atoms with van der Waals surface area (Å²) in [6.45, 7) is 6.00. The quantitative estimate of drug-likeness (QED) is 0.876. The number of rotatable bonds is 4. The van der Waals surface area contributed by atoms with Gasteiger partial charge in [-0.3, -0.25) is 4.79 Å². The van der Waals surface area contributed by atoms with Gasteiger partial charge in [0.25, 0.3) is 5.91 Å². The summed E-state index contributed by atoms with van der Waals surface area (Å²) in [7, 11) is 1.90. The van der Waals surface area contributed by atoms with Crippen LogP contribution in [-0.2, 0) is 0 Å². The second-order valence-corrected chi connectivity index (χ2v) is 4.97. The summed E-state index contributed by atoms with van der Waals surface area (Å²) in [6, 6.07) is 6.15. The van der Waals surface area contributed by atoms with Crippen LogP contribution in [0.1, 0.15) is 37.0 Å². The van der Waals surface area contributed by atoms with Gasteiger partial charge in [0, 0.05) is 26.2 Å². The van der Waals surface area contributed by atoms with E-state index in [1.54, 1.807) is 0 Å². The molecule has 1 amide bonds. The Morgan fingerprint density at radius 1 is 1.26 bits per heavy atom. The highest BCUT2D eigenvalue weighted by Crippen LogP contribution is 2.29. The number of amides is 1. The molecule has 0 bridgehead atoms. The zero-order valence-electron chi connectivity index (χ0n) is 12.0. The molecule has 4 heteroatoms. The number of carbonyl (C=O) groups excluding carboxylic acids is 1. The number of nitrogens with one attached hydrogen (secondary N) is 2. The minimum atomic E-state index is 0.0988. The minimum Gasteiger partial charge on any atom is -0.382 e. The number of anilines is 2. The number of fused-ring (bicyclic) bond motifs is 1. The van der Waals surface area contributed by atoms with Gasteiger partial charge in [0.2, 0.25) is 0 Å². The first-order chi connectivity index (χ1) is 9.19. The zero-order chi connectivity index (χ0) is 13.8. The van der Waals surface area contributed by atoms with Gasteiger partial charge < -0.3 is 15.5 Å². The molecule has 4 nitrogen and oxygen atoms in total. The van der Waals surface area contributed by atoms with E-state index in [0.717, 1.165) is 42.9 Å². The third-order valence-electron chi connectivity index (χ3n) is 3.85. The first-order valence-corrected chi connectivity index (χ1v) is 7.06. The van der Waals surface area contributed by atoms with Crippen molar-refractivity contribution in [2.24, 2.45) is 0 Å². The fourth-order valence-electron chi connectivity index (χ4n) is 2.65. The predicted molar refractivity (Wildman–Crippen MR) is 79.9 cm³/mol. The Labute approximate surface area is 115 Å². The molecule has 1 heterocycles. The van der Waals surface area contributed by atoms with Crippen molar-refractivity contribution in [3.8, 4) is 0 Å². The highest BCUT2D eigenvalue weighted by Gasteiger charge is 2.23. The molecule has 1 aliphatic rings. The summed E-state index contributed by atoms with van der Waals surface area (Å²) in [5.74, 6) is 0.0988. The summed E-state index contributed by atoms with van der Waals surface area (Å²) >= 11 is 0. The van der Waals surface area contributed by atoms with Crippen LogP contribution in [0.4, 0.5) is 11.4 Å². The van der Waals surface area contributed by atoms with Crippen molar-refractivity contribution in [1.29, 1.82) is 0 Å². The summed E-state index contributed by atoms with van der Waals surface area (Å²) in [5.41, 5.74) is 2.73. The topological polar surface area (TPSA) is 44.4 Å². The van der Waals surface area contributed by atoms with Crippen molar-refractivity contribution in [2.75, 3.05) is 30.8 Å². The number of nitrogens with zero attached hydrogens (tertiary/aromatic N) is 1. The maximum atomic E-state index is 12.6. The Bertz CT molecular complexity index is 455. The highest BCUT2D eigenvalue weighted by atomic mass is 16.2. The van der Waals surface area contributed by atoms with Gasteiger partial charge in [-0.15, -0.1) is 0 Å². The number of benzene rings is 1. The second-order valence-electron chi connectivity index (χ2n) is 4.97. The molecule has 0 atom stereocenters. The van der Waals surface area contributed by atoms with Gasteiger partial charge in [0.1, 0.15) is 0 Å². The minimum absolute atomic E-state index is 0.0988. The lowest BCUT2D eigenvalue weighted by Gasteiger charge is -2.29. The molecule has 2 rings (SSSR count). The van der Waals surface area contributed by atoms with E-state index in [1.807, 2.05) is 30.1 Å². The third-order valence-corrected chi connectivity index (χ3v) is 3.85. The van der Waals surface area contributed by atoms with Crippen LogP contribution in [0.2, 0.25) is 0 Å². The maximum absolute atomic E-state index is 12.6. The number of carbonyl (C=O) groups is 1. The van der Waals surface area contributed by atoms with E-state index in [-0.39, 0.29) is 5.91 Å². The molecule has 0 radical (unpaired) electrons. The van der Waals surface area contributed by atoms with E-state index in [4.69, 9.17) is 0 Å². The van der Waals surface area contributed by atoms with E-state index in [0.29, 0.717) is 6.04 Å². The molecule has 0 spiro atoms. The fourth-order valence-corrected chi connectivity index (χ4v) is 2.65. The Morgan fingerprint density at radius 3 is 2.63 bits per heavy atom. The van der Waals surface area contributed by atoms with Crippen molar-refractivity contribution in [2.45, 2.75) is 32.7 Å². The molecule has 0 saturated heterocycles. The van der Waals surface area contributed by atoms with Gasteiger partial charge in [-0.25, -0.2) is 0 Å². The molecule has 0 saturated carbocycles. The average molecular weight is 261 g/mol. The smallest absolute Gasteiger partial charge is 0.256 e. The molecular weight excluding hydrogens is 238 g/mol. The Hall–Kier alpha value is -1.71. The van der Waals surface area contributed by atoms with Gasteiger partial charge in [-0.05, 0) is 25.0 Å². The summed E-state index contributed by atoms with van der Waals surface area (Å²) in [5, 5.41) is 6.65. The van der Waals surface area contributed by atoms with E-state index < -0.39 is 0 Å². The number of para-hydroxylation sites is 1. The normalized spacial score (nSPS) is 13.5. The van der Waals surface area contributed by atoms with Gasteiger partial charge in [0.05, 0.1) is 16.9 Å². The van der Waals surface area contributed by atoms with Gasteiger partial charge in [0.15, 0.2) is 0 Å². The lowest BCUT2D eigenvalue weighted by molar-refractivity contribution is 0.0724. The van der Waals surface area contributed by atoms with Crippen LogP contribution in [0.15, 0.2) is 18.2 Å². The van der Waals surface area contributed by atoms with Crippen LogP contribution in [-0.4, -0.2) is 37.0 Å². The predicted octanol–water partition coefficient (Wildman–Crippen LogP) is 2.78. The van der Waals surface area contributed by atoms with Crippen LogP contribution in [0.25, 0.3) is 0 Å². The fraction of sp³-hybridized carbons (Fsp3) is 0.533. The lowest BCUT2D eigenvalue weighted by atomic mass is 10.1. The average Bonchev–Trinajstić information content (AvgIpc) is 2.47. The van der Waals surface area contributed by atoms with Crippen molar-refractivity contribution in [3.63, 3.8) is 0 Å². The van der Waals surface area contributed by atoms with Crippen LogP contribution in [0.3, 0.4) is 0 Å². The highest BCUT2D eigenvalue weighted by molar-refractivity contribution is 6.02. The summed E-state index contributed by atoms with van der Waals surface area (Å²) in [6.07, 6.45) is 1.97. The summed E-state index contributed by atoms with van der Waals surface area (Å²) in [4.78, 5) is 14.5. The Morgan fingerprint density at radius 2 is 1.95 bits per heavy atom. The van der Waals surface area contributed by atoms with E-state index in [1.165, 1.54) is 0 Å². The Balaban J connectivity index is 2.29. The summed E-state index contributed by atoms with van der Waals surface area (Å²) < 4.78 is 0. The van der Waals surface area contributed by atoms with Crippen molar-refractivity contribution in [1.82, 2.24) is 4.90 Å². The molecule has 1 aliphatic heterocycles. The Kier molecular flexibility index (Phi) is 4.30. The van der Waals surface area contributed by atoms with Crippen LogP contribution < -0.4 is 10.6 Å². The molecule has 1 aromatic carbocycles. The van der Waals surface area contributed by atoms with Crippen LogP contribution >= 0.6 is 0 Å². The first kappa shape index (κ1) is 13.7. The first-order valence-electron chi connectivity index (χ1n) is 7.06. The molecule has 1 aromatic rings. The zero-order valence-corrected chi connectivity index (χ0v) is 12.0. The van der Waals surface area contributed by atoms with Crippen LogP contribution in [0.5, 0.6) is 0 Å². The molecule has 0 unspecified atom stereocenters. The molecule has 19 heavy (non-hydrogen) atoms. The van der Waals surface area contributed by atoms with Gasteiger partial charge >= 0.3 is 0 Å². The second kappa shape index (κ2) is 5.95. The largest absolute Gasteiger partial charge is 0.382 e. The van der Waals surface area contributed by atoms with Crippen molar-refractivity contribution in [3.05, 3.63) is 23.8 Å². The maximum Gasteiger partial charge on any atom is 0.256 e. The van der Waals surface area contributed by atoms with Crippen molar-refractivity contribution >= 4 is 17.3 Å². The van der Waals surface area contributed by atoms with Gasteiger partial charge in [-0.1, -0.05) is 19.9 Å². The molecule has 0 aromatic heterocycles. The third kappa shape index (κ3) is 2.67. The monoisotopic (exact) mass is 261 g/mol. The standard InChI is InChI=1S/C15H23N3O/c1-4-11(5-2)18(3)15(19)12-7-6-8-13-14(12)17-10-9-16-13/h6-8,11,16-17H,4-5,9-10H2,1-3H3. The number of hydrogen-bond donors (Lipinski definition) is 2. The molecule has 104 valence electrons. The van der Waals surface area contributed by atoms with E-state index >= 15 is 0 Å². The molecule has 2 N–H and O–H groups in total. The van der Waals surface area contributed by atoms with Crippen LogP contribution in [0, 0.1) is 0 Å². The van der Waals surface area contributed by atoms with E-state index in [2.05, 4.69) is 24.5 Å². The van der Waals surface area contributed by atoms with Gasteiger partial charge in [-0.2, -0.15) is 0 Å².